The summed E-state index contributed by atoms with van der Waals surface area (Å²) in [5, 5.41) is 3.86. The summed E-state index contributed by atoms with van der Waals surface area (Å²) in [6, 6.07) is 1.48. The van der Waals surface area contributed by atoms with E-state index in [0.29, 0.717) is 12.1 Å². The summed E-state index contributed by atoms with van der Waals surface area (Å²) in [6.45, 7) is 4.18. The zero-order valence-corrected chi connectivity index (χ0v) is 13.4. The second-order valence-corrected chi connectivity index (χ2v) is 6.92. The molecule has 116 valence electrons. The lowest BCUT2D eigenvalue weighted by Crippen LogP contribution is -2.49. The van der Waals surface area contributed by atoms with Crippen LogP contribution in [-0.2, 0) is 0 Å². The molecule has 1 aliphatic heterocycles. The number of amides is 2. The van der Waals surface area contributed by atoms with Gasteiger partial charge in [-0.2, -0.15) is 0 Å². The number of likely N-dealkylation sites (tertiary alicyclic amines) is 1. The first-order chi connectivity index (χ1) is 9.56. The predicted octanol–water partition coefficient (Wildman–Crippen LogP) is 2.69. The highest BCUT2D eigenvalue weighted by Crippen LogP contribution is 2.24. The second-order valence-electron chi connectivity index (χ2n) is 6.92. The standard InChI is InChI=1S/C16H31N3O/c1-13-5-4-6-14(8-7-13)17-15-9-11-19(12-10-15)16(20)18(2)3/h13-15,17H,4-12H2,1-3H3. The summed E-state index contributed by atoms with van der Waals surface area (Å²) in [6.07, 6.45) is 9.01. The molecule has 2 rings (SSSR count). The molecule has 1 saturated carbocycles. The number of hydrogen-bond acceptors (Lipinski definition) is 2. The van der Waals surface area contributed by atoms with Gasteiger partial charge >= 0.3 is 6.03 Å². The van der Waals surface area contributed by atoms with Crippen molar-refractivity contribution in [2.75, 3.05) is 27.2 Å². The van der Waals surface area contributed by atoms with Gasteiger partial charge in [-0.05, 0) is 38.0 Å². The van der Waals surface area contributed by atoms with E-state index in [-0.39, 0.29) is 6.03 Å². The molecule has 0 spiro atoms. The minimum atomic E-state index is 0.159. The van der Waals surface area contributed by atoms with E-state index < -0.39 is 0 Å². The molecule has 2 unspecified atom stereocenters. The molecular formula is C16H31N3O. The van der Waals surface area contributed by atoms with Gasteiger partial charge in [0.05, 0.1) is 0 Å². The molecule has 1 N–H and O–H groups in total. The van der Waals surface area contributed by atoms with Crippen LogP contribution < -0.4 is 5.32 Å². The van der Waals surface area contributed by atoms with E-state index in [2.05, 4.69) is 12.2 Å². The lowest BCUT2D eigenvalue weighted by atomic mass is 10.0. The third-order valence-corrected chi connectivity index (χ3v) is 4.88. The van der Waals surface area contributed by atoms with Gasteiger partial charge in [0.15, 0.2) is 0 Å². The average molecular weight is 281 g/mol. The van der Waals surface area contributed by atoms with Gasteiger partial charge < -0.3 is 15.1 Å². The van der Waals surface area contributed by atoms with E-state index in [1.165, 1.54) is 32.1 Å². The van der Waals surface area contributed by atoms with Crippen LogP contribution in [-0.4, -0.2) is 55.1 Å². The smallest absolute Gasteiger partial charge is 0.319 e. The summed E-state index contributed by atoms with van der Waals surface area (Å²) in [4.78, 5) is 15.6. The van der Waals surface area contributed by atoms with Gasteiger partial charge in [0, 0.05) is 39.3 Å². The Hall–Kier alpha value is -0.770. The highest BCUT2D eigenvalue weighted by atomic mass is 16.2. The Kier molecular flexibility index (Phi) is 5.70. The molecule has 2 amide bonds. The Balaban J connectivity index is 1.72. The fraction of sp³-hybridized carbons (Fsp3) is 0.938. The Morgan fingerprint density at radius 3 is 2.30 bits per heavy atom. The van der Waals surface area contributed by atoms with Crippen molar-refractivity contribution in [3.05, 3.63) is 0 Å². The molecule has 1 aliphatic carbocycles. The summed E-state index contributed by atoms with van der Waals surface area (Å²) in [7, 11) is 3.67. The van der Waals surface area contributed by atoms with Gasteiger partial charge in [-0.15, -0.1) is 0 Å². The van der Waals surface area contributed by atoms with E-state index in [1.54, 1.807) is 4.90 Å². The number of urea groups is 1. The fourth-order valence-electron chi connectivity index (χ4n) is 3.51. The van der Waals surface area contributed by atoms with E-state index in [9.17, 15) is 4.79 Å². The summed E-state index contributed by atoms with van der Waals surface area (Å²) in [5.41, 5.74) is 0. The molecule has 0 aromatic heterocycles. The average Bonchev–Trinajstić information content (AvgIpc) is 2.64. The number of carbonyl (C=O) groups excluding carboxylic acids is 1. The van der Waals surface area contributed by atoms with Gasteiger partial charge in [0.25, 0.3) is 0 Å². The molecule has 0 radical (unpaired) electrons. The van der Waals surface area contributed by atoms with Crippen molar-refractivity contribution in [3.8, 4) is 0 Å². The molecule has 2 aliphatic rings. The van der Waals surface area contributed by atoms with Crippen molar-refractivity contribution >= 4 is 6.03 Å². The molecule has 0 aromatic carbocycles. The highest BCUT2D eigenvalue weighted by Gasteiger charge is 2.25. The zero-order chi connectivity index (χ0) is 14.5. The van der Waals surface area contributed by atoms with Crippen molar-refractivity contribution < 1.29 is 4.79 Å². The minimum Gasteiger partial charge on any atom is -0.331 e. The van der Waals surface area contributed by atoms with Crippen molar-refractivity contribution in [1.29, 1.82) is 0 Å². The van der Waals surface area contributed by atoms with Crippen LogP contribution in [0.25, 0.3) is 0 Å². The maximum atomic E-state index is 11.9. The van der Waals surface area contributed by atoms with Crippen LogP contribution >= 0.6 is 0 Å². The van der Waals surface area contributed by atoms with E-state index >= 15 is 0 Å². The highest BCUT2D eigenvalue weighted by molar-refractivity contribution is 5.73. The lowest BCUT2D eigenvalue weighted by Gasteiger charge is -2.35. The van der Waals surface area contributed by atoms with Crippen LogP contribution in [0.1, 0.15) is 51.9 Å². The zero-order valence-electron chi connectivity index (χ0n) is 13.4. The third-order valence-electron chi connectivity index (χ3n) is 4.88. The van der Waals surface area contributed by atoms with E-state index in [0.717, 1.165) is 31.8 Å². The number of carbonyl (C=O) groups is 1. The molecule has 1 saturated heterocycles. The molecule has 2 fully saturated rings. The molecule has 1 heterocycles. The maximum absolute atomic E-state index is 11.9. The molecule has 4 heteroatoms. The van der Waals surface area contributed by atoms with Gasteiger partial charge in [0.2, 0.25) is 0 Å². The van der Waals surface area contributed by atoms with Crippen molar-refractivity contribution in [1.82, 2.24) is 15.1 Å². The van der Waals surface area contributed by atoms with Crippen LogP contribution in [0.4, 0.5) is 4.79 Å². The molecule has 20 heavy (non-hydrogen) atoms. The van der Waals surface area contributed by atoms with Crippen LogP contribution in [0.15, 0.2) is 0 Å². The Morgan fingerprint density at radius 1 is 1.00 bits per heavy atom. The minimum absolute atomic E-state index is 0.159. The third kappa shape index (κ3) is 4.37. The maximum Gasteiger partial charge on any atom is 0.319 e. The van der Waals surface area contributed by atoms with Gasteiger partial charge in [-0.1, -0.05) is 19.8 Å². The fourth-order valence-corrected chi connectivity index (χ4v) is 3.51. The van der Waals surface area contributed by atoms with E-state index in [1.807, 2.05) is 19.0 Å². The van der Waals surface area contributed by atoms with Crippen LogP contribution in [0.2, 0.25) is 0 Å². The monoisotopic (exact) mass is 281 g/mol. The van der Waals surface area contributed by atoms with Gasteiger partial charge in [0.1, 0.15) is 0 Å². The number of nitrogens with zero attached hydrogens (tertiary/aromatic N) is 2. The van der Waals surface area contributed by atoms with Crippen molar-refractivity contribution in [3.63, 3.8) is 0 Å². The predicted molar refractivity (Wildman–Crippen MR) is 82.9 cm³/mol. The summed E-state index contributed by atoms with van der Waals surface area (Å²) >= 11 is 0. The summed E-state index contributed by atoms with van der Waals surface area (Å²) < 4.78 is 0. The second kappa shape index (κ2) is 7.30. The Morgan fingerprint density at radius 2 is 1.65 bits per heavy atom. The van der Waals surface area contributed by atoms with Crippen LogP contribution in [0.3, 0.4) is 0 Å². The van der Waals surface area contributed by atoms with Crippen LogP contribution in [0, 0.1) is 5.92 Å². The van der Waals surface area contributed by atoms with Gasteiger partial charge in [-0.3, -0.25) is 0 Å². The number of nitrogens with one attached hydrogen (secondary N) is 1. The first-order valence-corrected chi connectivity index (χ1v) is 8.28. The van der Waals surface area contributed by atoms with Crippen LogP contribution in [0.5, 0.6) is 0 Å². The van der Waals surface area contributed by atoms with Gasteiger partial charge in [-0.25, -0.2) is 4.79 Å². The molecule has 2 atom stereocenters. The molecular weight excluding hydrogens is 250 g/mol. The SMILES string of the molecule is CC1CCCC(NC2CCN(C(=O)N(C)C)CC2)CC1. The largest absolute Gasteiger partial charge is 0.331 e. The quantitative estimate of drug-likeness (QED) is 0.790. The Bertz CT molecular complexity index is 311. The lowest BCUT2D eigenvalue weighted by molar-refractivity contribution is 0.150. The summed E-state index contributed by atoms with van der Waals surface area (Å²) in [5.74, 6) is 0.904. The number of piperidine rings is 1. The topological polar surface area (TPSA) is 35.6 Å². The first-order valence-electron chi connectivity index (χ1n) is 8.28. The molecule has 4 nitrogen and oxygen atoms in total. The van der Waals surface area contributed by atoms with E-state index in [4.69, 9.17) is 0 Å². The van der Waals surface area contributed by atoms with Crippen molar-refractivity contribution in [2.45, 2.75) is 64.0 Å². The molecule has 0 aromatic rings. The Labute approximate surface area is 123 Å². The molecule has 0 bridgehead atoms. The number of hydrogen-bond donors (Lipinski definition) is 1. The normalized spacial score (nSPS) is 29.1. The number of rotatable bonds is 2. The first kappa shape index (κ1) is 15.6. The van der Waals surface area contributed by atoms with Crippen molar-refractivity contribution in [2.24, 2.45) is 5.92 Å².